The smallest absolute Gasteiger partial charge is 0.336 e. The minimum atomic E-state index is -0.854. The number of nitrogens with zero attached hydrogens (tertiary/aromatic N) is 2. The van der Waals surface area contributed by atoms with E-state index in [-0.39, 0.29) is 22.8 Å². The number of ether oxygens (including phenoxy) is 2. The summed E-state index contributed by atoms with van der Waals surface area (Å²) in [6, 6.07) is 15.8. The van der Waals surface area contributed by atoms with E-state index in [2.05, 4.69) is 5.32 Å². The summed E-state index contributed by atoms with van der Waals surface area (Å²) in [5.74, 6) is -2.14. The van der Waals surface area contributed by atoms with E-state index in [1.54, 1.807) is 24.3 Å². The van der Waals surface area contributed by atoms with Crippen LogP contribution in [0.3, 0.4) is 0 Å². The summed E-state index contributed by atoms with van der Waals surface area (Å²) in [7, 11) is 1.35. The molecule has 4 amide bonds. The number of non-ortho nitro benzene ring substituents is 1. The molecule has 0 unspecified atom stereocenters. The van der Waals surface area contributed by atoms with E-state index in [9.17, 15) is 29.3 Å². The lowest BCUT2D eigenvalue weighted by atomic mass is 10.1. The standard InChI is InChI=1S/C28H21N3O8/c1-17-3-9-20(10-4-17)30-27(34)22(26(33)29-28(30)35)15-19-7-13-23(24(16-19)38-2)39-25(32)14-8-18-5-11-21(12-6-18)31(36)37/h3-16H,1-2H3,(H,29,33,35)/b14-8+,22-15+. The van der Waals surface area contributed by atoms with E-state index in [0.717, 1.165) is 16.5 Å². The van der Waals surface area contributed by atoms with E-state index in [0.29, 0.717) is 16.8 Å². The van der Waals surface area contributed by atoms with Crippen molar-refractivity contribution in [1.29, 1.82) is 0 Å². The first-order valence-corrected chi connectivity index (χ1v) is 11.5. The SMILES string of the molecule is COc1cc(/C=C2\C(=O)NC(=O)N(c3ccc(C)cc3)C2=O)ccc1OC(=O)/C=C/c1ccc([N+](=O)[O-])cc1. The van der Waals surface area contributed by atoms with E-state index >= 15 is 0 Å². The number of urea groups is 1. The molecule has 196 valence electrons. The zero-order chi connectivity index (χ0) is 28.1. The number of benzene rings is 3. The molecule has 1 heterocycles. The first-order chi connectivity index (χ1) is 18.7. The van der Waals surface area contributed by atoms with Crippen molar-refractivity contribution in [3.05, 3.63) is 105 Å². The maximum atomic E-state index is 13.1. The van der Waals surface area contributed by atoms with Crippen LogP contribution in [0.1, 0.15) is 16.7 Å². The summed E-state index contributed by atoms with van der Waals surface area (Å²) in [6.45, 7) is 1.86. The molecule has 0 atom stereocenters. The van der Waals surface area contributed by atoms with Gasteiger partial charge in [-0.05, 0) is 66.6 Å². The van der Waals surface area contributed by atoms with Gasteiger partial charge in [0.05, 0.1) is 17.7 Å². The summed E-state index contributed by atoms with van der Waals surface area (Å²) in [6.07, 6.45) is 3.89. The van der Waals surface area contributed by atoms with E-state index in [1.807, 2.05) is 6.92 Å². The van der Waals surface area contributed by atoms with Gasteiger partial charge in [0.2, 0.25) is 0 Å². The van der Waals surface area contributed by atoms with Gasteiger partial charge in [0, 0.05) is 18.2 Å². The van der Waals surface area contributed by atoms with Gasteiger partial charge in [-0.2, -0.15) is 0 Å². The number of nitro benzene ring substituents is 1. The van der Waals surface area contributed by atoms with Crippen molar-refractivity contribution < 1.29 is 33.6 Å². The molecule has 1 saturated heterocycles. The number of nitrogens with one attached hydrogen (secondary N) is 1. The molecule has 11 heteroatoms. The Balaban J connectivity index is 1.52. The number of amides is 4. The Morgan fingerprint density at radius 1 is 0.949 bits per heavy atom. The van der Waals surface area contributed by atoms with Crippen molar-refractivity contribution in [3.8, 4) is 11.5 Å². The number of carbonyl (C=O) groups excluding carboxylic acids is 4. The number of rotatable bonds is 7. The number of hydrogen-bond acceptors (Lipinski definition) is 8. The molecule has 1 N–H and O–H groups in total. The number of imide groups is 2. The molecule has 39 heavy (non-hydrogen) atoms. The molecule has 0 aliphatic carbocycles. The second-order valence-corrected chi connectivity index (χ2v) is 8.31. The topological polar surface area (TPSA) is 145 Å². The molecule has 0 aromatic heterocycles. The number of nitro groups is 1. The van der Waals surface area contributed by atoms with Gasteiger partial charge in [0.15, 0.2) is 11.5 Å². The van der Waals surface area contributed by atoms with Gasteiger partial charge in [-0.25, -0.2) is 14.5 Å². The quantitative estimate of drug-likeness (QED) is 0.120. The average molecular weight is 527 g/mol. The van der Waals surface area contributed by atoms with Crippen molar-refractivity contribution in [2.75, 3.05) is 12.0 Å². The van der Waals surface area contributed by atoms with Crippen LogP contribution in [0, 0.1) is 17.0 Å². The van der Waals surface area contributed by atoms with Gasteiger partial charge < -0.3 is 9.47 Å². The van der Waals surface area contributed by atoms with Crippen molar-refractivity contribution in [2.24, 2.45) is 0 Å². The number of esters is 1. The number of methoxy groups -OCH3 is 1. The Morgan fingerprint density at radius 2 is 1.62 bits per heavy atom. The van der Waals surface area contributed by atoms with E-state index in [4.69, 9.17) is 9.47 Å². The van der Waals surface area contributed by atoms with Gasteiger partial charge in [-0.15, -0.1) is 0 Å². The Morgan fingerprint density at radius 3 is 2.26 bits per heavy atom. The van der Waals surface area contributed by atoms with Crippen LogP contribution in [0.5, 0.6) is 11.5 Å². The number of hydrogen-bond donors (Lipinski definition) is 1. The highest BCUT2D eigenvalue weighted by Crippen LogP contribution is 2.30. The van der Waals surface area contributed by atoms with E-state index in [1.165, 1.54) is 61.7 Å². The molecule has 3 aromatic rings. The Bertz CT molecular complexity index is 1540. The fourth-order valence-corrected chi connectivity index (χ4v) is 3.62. The van der Waals surface area contributed by atoms with Gasteiger partial charge in [0.25, 0.3) is 17.5 Å². The monoisotopic (exact) mass is 527 g/mol. The van der Waals surface area contributed by atoms with Crippen LogP contribution in [0.15, 0.2) is 78.4 Å². The number of aryl methyl sites for hydroxylation is 1. The molecule has 1 fully saturated rings. The van der Waals surface area contributed by atoms with Crippen LogP contribution in [-0.4, -0.2) is 35.8 Å². The lowest BCUT2D eigenvalue weighted by molar-refractivity contribution is -0.384. The molecular weight excluding hydrogens is 506 g/mol. The van der Waals surface area contributed by atoms with Crippen molar-refractivity contribution in [2.45, 2.75) is 6.92 Å². The van der Waals surface area contributed by atoms with Crippen LogP contribution in [0.4, 0.5) is 16.2 Å². The predicted octanol–water partition coefficient (Wildman–Crippen LogP) is 4.20. The maximum Gasteiger partial charge on any atom is 0.336 e. The number of anilines is 1. The molecule has 11 nitrogen and oxygen atoms in total. The van der Waals surface area contributed by atoms with Crippen LogP contribution >= 0.6 is 0 Å². The maximum absolute atomic E-state index is 13.1. The molecule has 0 radical (unpaired) electrons. The van der Waals surface area contributed by atoms with Crippen LogP contribution in [0.25, 0.3) is 12.2 Å². The lowest BCUT2D eigenvalue weighted by Gasteiger charge is -2.26. The third-order valence-corrected chi connectivity index (χ3v) is 5.62. The summed E-state index contributed by atoms with van der Waals surface area (Å²) >= 11 is 0. The molecule has 0 spiro atoms. The Hall–Kier alpha value is -5.58. The average Bonchev–Trinajstić information content (AvgIpc) is 2.91. The van der Waals surface area contributed by atoms with Gasteiger partial charge in [-0.3, -0.25) is 25.0 Å². The molecule has 1 aliphatic rings. The molecule has 3 aromatic carbocycles. The van der Waals surface area contributed by atoms with Crippen LogP contribution in [0.2, 0.25) is 0 Å². The fourth-order valence-electron chi connectivity index (χ4n) is 3.62. The first kappa shape index (κ1) is 26.5. The minimum Gasteiger partial charge on any atom is -0.493 e. The number of carbonyl (C=O) groups is 4. The van der Waals surface area contributed by atoms with Crippen LogP contribution < -0.4 is 19.7 Å². The highest BCUT2D eigenvalue weighted by atomic mass is 16.6. The molecule has 1 aliphatic heterocycles. The minimum absolute atomic E-state index is 0.0728. The summed E-state index contributed by atoms with van der Waals surface area (Å²) in [5.41, 5.74) is 1.84. The lowest BCUT2D eigenvalue weighted by Crippen LogP contribution is -2.54. The second kappa shape index (κ2) is 11.2. The first-order valence-electron chi connectivity index (χ1n) is 11.5. The molecule has 0 saturated carbocycles. The number of barbiturate groups is 1. The van der Waals surface area contributed by atoms with Gasteiger partial charge >= 0.3 is 12.0 Å². The third kappa shape index (κ3) is 6.05. The summed E-state index contributed by atoms with van der Waals surface area (Å²) < 4.78 is 10.6. The zero-order valence-corrected chi connectivity index (χ0v) is 20.7. The molecule has 4 rings (SSSR count). The third-order valence-electron chi connectivity index (χ3n) is 5.62. The molecule has 0 bridgehead atoms. The van der Waals surface area contributed by atoms with Crippen molar-refractivity contribution >= 4 is 47.3 Å². The van der Waals surface area contributed by atoms with Crippen LogP contribution in [-0.2, 0) is 14.4 Å². The fraction of sp³-hybridized carbons (Fsp3) is 0.0714. The Kier molecular flexibility index (Phi) is 7.62. The summed E-state index contributed by atoms with van der Waals surface area (Å²) in [4.78, 5) is 61.3. The normalized spacial score (nSPS) is 14.5. The van der Waals surface area contributed by atoms with E-state index < -0.39 is 28.7 Å². The Labute approximate surface area is 222 Å². The van der Waals surface area contributed by atoms with Crippen molar-refractivity contribution in [1.82, 2.24) is 5.32 Å². The highest BCUT2D eigenvalue weighted by Gasteiger charge is 2.36. The van der Waals surface area contributed by atoms with Gasteiger partial charge in [0.1, 0.15) is 5.57 Å². The second-order valence-electron chi connectivity index (χ2n) is 8.31. The predicted molar refractivity (Wildman–Crippen MR) is 141 cm³/mol. The highest BCUT2D eigenvalue weighted by molar-refractivity contribution is 6.39. The van der Waals surface area contributed by atoms with Gasteiger partial charge in [-0.1, -0.05) is 23.8 Å². The zero-order valence-electron chi connectivity index (χ0n) is 20.7. The largest absolute Gasteiger partial charge is 0.493 e. The van der Waals surface area contributed by atoms with Crippen molar-refractivity contribution in [3.63, 3.8) is 0 Å². The molecular formula is C28H21N3O8. The summed E-state index contributed by atoms with van der Waals surface area (Å²) in [5, 5.41) is 12.9.